The van der Waals surface area contributed by atoms with Gasteiger partial charge in [-0.05, 0) is 13.8 Å². The van der Waals surface area contributed by atoms with Gasteiger partial charge in [-0.15, -0.1) is 0 Å². The highest BCUT2D eigenvalue weighted by Gasteiger charge is 2.16. The third-order valence-electron chi connectivity index (χ3n) is 0.990. The average Bonchev–Trinajstić information content (AvgIpc) is 1.87. The molecule has 0 radical (unpaired) electrons. The van der Waals surface area contributed by atoms with Crippen molar-refractivity contribution in [3.63, 3.8) is 0 Å². The molecule has 1 heterocycles. The molecule has 42 valence electrons. The summed E-state index contributed by atoms with van der Waals surface area (Å²) in [5.41, 5.74) is 0. The second-order valence-corrected chi connectivity index (χ2v) is 1.85. The van der Waals surface area contributed by atoms with E-state index in [-0.39, 0.29) is 6.29 Å². The van der Waals surface area contributed by atoms with Crippen LogP contribution >= 0.6 is 0 Å². The Kier molecular flexibility index (Phi) is 1.30. The molecular weight excluding hydrogens is 92.1 g/mol. The molecule has 0 aliphatic carbocycles. The highest BCUT2D eigenvalue weighted by molar-refractivity contribution is 4.54. The van der Waals surface area contributed by atoms with E-state index in [1.165, 1.54) is 0 Å². The van der Waals surface area contributed by atoms with Crippen LogP contribution < -0.4 is 0 Å². The van der Waals surface area contributed by atoms with E-state index in [0.29, 0.717) is 6.10 Å². The Balaban J connectivity index is 2.26. The van der Waals surface area contributed by atoms with Crippen LogP contribution in [0.5, 0.6) is 0 Å². The fraction of sp³-hybridized carbons (Fsp3) is 1.00. The molecule has 1 aliphatic heterocycles. The zero-order valence-corrected chi connectivity index (χ0v) is 4.68. The maximum absolute atomic E-state index is 5.14. The van der Waals surface area contributed by atoms with Crippen molar-refractivity contribution in [3.05, 3.63) is 0 Å². The van der Waals surface area contributed by atoms with Crippen molar-refractivity contribution in [2.24, 2.45) is 0 Å². The number of rotatable bonds is 0. The Hall–Kier alpha value is -0.0800. The fourth-order valence-corrected chi connectivity index (χ4v) is 0.677. The van der Waals surface area contributed by atoms with Gasteiger partial charge in [-0.25, -0.2) is 0 Å². The van der Waals surface area contributed by atoms with Crippen LogP contribution in [0.3, 0.4) is 0 Å². The molecule has 1 rings (SSSR count). The summed E-state index contributed by atoms with van der Waals surface area (Å²) in [5, 5.41) is 0. The van der Waals surface area contributed by atoms with Crippen molar-refractivity contribution in [2.75, 3.05) is 6.61 Å². The summed E-state index contributed by atoms with van der Waals surface area (Å²) in [6.07, 6.45) is 0.324. The van der Waals surface area contributed by atoms with Crippen LogP contribution in [0.2, 0.25) is 0 Å². The zero-order valence-electron chi connectivity index (χ0n) is 4.68. The molecule has 0 amide bonds. The lowest BCUT2D eigenvalue weighted by molar-refractivity contribution is -0.0389. The lowest BCUT2D eigenvalue weighted by atomic mass is 10.5. The molecule has 0 unspecified atom stereocenters. The topological polar surface area (TPSA) is 18.5 Å². The molecule has 2 heteroatoms. The third-order valence-corrected chi connectivity index (χ3v) is 0.990. The maximum atomic E-state index is 5.14. The van der Waals surface area contributed by atoms with E-state index in [9.17, 15) is 0 Å². The molecule has 1 aliphatic rings. The molecule has 2 nitrogen and oxygen atoms in total. The molecule has 1 saturated heterocycles. The van der Waals surface area contributed by atoms with Crippen LogP contribution in [0.15, 0.2) is 0 Å². The van der Waals surface area contributed by atoms with Gasteiger partial charge in [0, 0.05) is 0 Å². The summed E-state index contributed by atoms with van der Waals surface area (Å²) in [6.45, 7) is 4.66. The molecule has 1 fully saturated rings. The Bertz CT molecular complexity index is 55.1. The third kappa shape index (κ3) is 1.14. The Labute approximate surface area is 43.4 Å². The van der Waals surface area contributed by atoms with E-state index in [1.807, 2.05) is 13.8 Å². The van der Waals surface area contributed by atoms with Gasteiger partial charge in [0.15, 0.2) is 6.29 Å². The Morgan fingerprint density at radius 1 is 1.43 bits per heavy atom. The van der Waals surface area contributed by atoms with Gasteiger partial charge in [0.1, 0.15) is 0 Å². The molecule has 0 N–H and O–H groups in total. The van der Waals surface area contributed by atoms with Crippen molar-refractivity contribution < 1.29 is 9.47 Å². The smallest absolute Gasteiger partial charge is 0.155 e. The molecule has 7 heavy (non-hydrogen) atoms. The highest BCUT2D eigenvalue weighted by atomic mass is 16.7. The van der Waals surface area contributed by atoms with E-state index in [0.717, 1.165) is 6.61 Å². The summed E-state index contributed by atoms with van der Waals surface area (Å²) >= 11 is 0. The first-order valence-electron chi connectivity index (χ1n) is 2.56. The molecule has 0 saturated carbocycles. The largest absolute Gasteiger partial charge is 0.350 e. The summed E-state index contributed by atoms with van der Waals surface area (Å²) in [6, 6.07) is 0. The first kappa shape index (κ1) is 5.06. The van der Waals surface area contributed by atoms with E-state index in [2.05, 4.69) is 0 Å². The Morgan fingerprint density at radius 3 is 2.29 bits per heavy atom. The summed E-state index contributed by atoms with van der Waals surface area (Å²) in [4.78, 5) is 0. The predicted octanol–water partition coefficient (Wildman–Crippen LogP) is 0.768. The first-order valence-corrected chi connectivity index (χ1v) is 2.56. The molecule has 2 atom stereocenters. The molecule has 0 bridgehead atoms. The van der Waals surface area contributed by atoms with E-state index in [1.54, 1.807) is 0 Å². The number of hydrogen-bond acceptors (Lipinski definition) is 2. The van der Waals surface area contributed by atoms with Crippen molar-refractivity contribution in [3.8, 4) is 0 Å². The lowest BCUT2D eigenvalue weighted by Crippen LogP contribution is -2.03. The van der Waals surface area contributed by atoms with Gasteiger partial charge in [0.05, 0.1) is 12.7 Å². The summed E-state index contributed by atoms with van der Waals surface area (Å²) < 4.78 is 10.2. The molecule has 0 aromatic carbocycles. The van der Waals surface area contributed by atoms with Gasteiger partial charge in [-0.2, -0.15) is 0 Å². The van der Waals surface area contributed by atoms with E-state index in [4.69, 9.17) is 9.47 Å². The van der Waals surface area contributed by atoms with Gasteiger partial charge in [0.2, 0.25) is 0 Å². The van der Waals surface area contributed by atoms with E-state index < -0.39 is 0 Å². The second-order valence-electron chi connectivity index (χ2n) is 1.85. The maximum Gasteiger partial charge on any atom is 0.155 e. The zero-order chi connectivity index (χ0) is 5.28. The van der Waals surface area contributed by atoms with E-state index >= 15 is 0 Å². The van der Waals surface area contributed by atoms with Gasteiger partial charge >= 0.3 is 0 Å². The van der Waals surface area contributed by atoms with Crippen molar-refractivity contribution >= 4 is 0 Å². The minimum Gasteiger partial charge on any atom is -0.350 e. The standard InChI is InChI=1S/C5H10O2/c1-4-3-6-5(2)7-4/h4-5H,3H2,1-2H3/t4-,5+/m1/s1. The summed E-state index contributed by atoms with van der Waals surface area (Å²) in [5.74, 6) is 0. The molecule has 0 aromatic rings. The van der Waals surface area contributed by atoms with Crippen LogP contribution in [0.25, 0.3) is 0 Å². The van der Waals surface area contributed by atoms with Crippen LogP contribution in [0.4, 0.5) is 0 Å². The van der Waals surface area contributed by atoms with Crippen molar-refractivity contribution in [2.45, 2.75) is 26.2 Å². The van der Waals surface area contributed by atoms with Crippen molar-refractivity contribution in [1.82, 2.24) is 0 Å². The van der Waals surface area contributed by atoms with Gasteiger partial charge in [0.25, 0.3) is 0 Å². The number of ether oxygens (including phenoxy) is 2. The van der Waals surface area contributed by atoms with Gasteiger partial charge in [-0.3, -0.25) is 0 Å². The van der Waals surface area contributed by atoms with Crippen LogP contribution in [0, 0.1) is 0 Å². The van der Waals surface area contributed by atoms with Gasteiger partial charge < -0.3 is 9.47 Å². The molecular formula is C5H10O2. The van der Waals surface area contributed by atoms with Crippen molar-refractivity contribution in [1.29, 1.82) is 0 Å². The van der Waals surface area contributed by atoms with Crippen LogP contribution in [-0.4, -0.2) is 19.0 Å². The molecule has 0 spiro atoms. The highest BCUT2D eigenvalue weighted by Crippen LogP contribution is 2.08. The quantitative estimate of drug-likeness (QED) is 0.449. The minimum atomic E-state index is 0.0231. The van der Waals surface area contributed by atoms with Gasteiger partial charge in [-0.1, -0.05) is 0 Å². The number of hydrogen-bond donors (Lipinski definition) is 0. The first-order chi connectivity index (χ1) is 3.29. The summed E-state index contributed by atoms with van der Waals surface area (Å²) in [7, 11) is 0. The van der Waals surface area contributed by atoms with Crippen LogP contribution in [-0.2, 0) is 9.47 Å². The lowest BCUT2D eigenvalue weighted by Gasteiger charge is -1.98. The van der Waals surface area contributed by atoms with Crippen LogP contribution in [0.1, 0.15) is 13.8 Å². The monoisotopic (exact) mass is 102 g/mol. The fourth-order valence-electron chi connectivity index (χ4n) is 0.677. The normalized spacial score (nSPS) is 42.0. The second kappa shape index (κ2) is 1.80. The predicted molar refractivity (Wildman–Crippen MR) is 26.0 cm³/mol. The Morgan fingerprint density at radius 2 is 2.14 bits per heavy atom. The molecule has 0 aromatic heterocycles. The minimum absolute atomic E-state index is 0.0231. The average molecular weight is 102 g/mol. The SMILES string of the molecule is C[C@H]1OC[C@@H](C)O1.